The Hall–Kier alpha value is -2.36. The largest absolute Gasteiger partial charge is 0.361 e. The summed E-state index contributed by atoms with van der Waals surface area (Å²) in [5, 5.41) is 9.11. The SMILES string of the molecule is C[C@@H]1c2oncc2C[C@]2(C)c3nn(C)c(-c4ccccc4)c3CC[C@@H]12. The van der Waals surface area contributed by atoms with Gasteiger partial charge in [0.25, 0.3) is 0 Å². The minimum atomic E-state index is 0.0519. The summed E-state index contributed by atoms with van der Waals surface area (Å²) in [4.78, 5) is 0. The molecule has 0 amide bonds. The number of aromatic nitrogens is 3. The van der Waals surface area contributed by atoms with Crippen LogP contribution in [0.1, 0.15) is 48.8 Å². The highest BCUT2D eigenvalue weighted by Crippen LogP contribution is 2.54. The molecule has 4 nitrogen and oxygen atoms in total. The van der Waals surface area contributed by atoms with Crippen molar-refractivity contribution in [2.24, 2.45) is 13.0 Å². The van der Waals surface area contributed by atoms with Gasteiger partial charge in [-0.15, -0.1) is 0 Å². The van der Waals surface area contributed by atoms with Crippen LogP contribution in [0.5, 0.6) is 0 Å². The molecule has 0 unspecified atom stereocenters. The summed E-state index contributed by atoms with van der Waals surface area (Å²) in [6.45, 7) is 4.68. The lowest BCUT2D eigenvalue weighted by Gasteiger charge is -2.46. The Labute approximate surface area is 147 Å². The number of nitrogens with zero attached hydrogens (tertiary/aromatic N) is 3. The molecule has 0 radical (unpaired) electrons. The van der Waals surface area contributed by atoms with Crippen molar-refractivity contribution in [1.29, 1.82) is 0 Å². The van der Waals surface area contributed by atoms with Gasteiger partial charge in [0.1, 0.15) is 5.76 Å². The number of benzene rings is 1. The molecule has 2 aliphatic carbocycles. The molecule has 0 saturated heterocycles. The zero-order chi connectivity index (χ0) is 17.2. The summed E-state index contributed by atoms with van der Waals surface area (Å²) < 4.78 is 7.66. The minimum absolute atomic E-state index is 0.0519. The van der Waals surface area contributed by atoms with E-state index in [0.29, 0.717) is 11.8 Å². The molecule has 0 spiro atoms. The first-order valence-corrected chi connectivity index (χ1v) is 9.15. The van der Waals surface area contributed by atoms with E-state index in [1.165, 1.54) is 34.5 Å². The van der Waals surface area contributed by atoms with Crippen molar-refractivity contribution in [2.75, 3.05) is 0 Å². The Morgan fingerprint density at radius 1 is 1.24 bits per heavy atom. The predicted octanol–water partition coefficient (Wildman–Crippen LogP) is 4.26. The van der Waals surface area contributed by atoms with Crippen LogP contribution in [0.15, 0.2) is 41.1 Å². The second-order valence-corrected chi connectivity index (χ2v) is 7.91. The lowest BCUT2D eigenvalue weighted by atomic mass is 9.56. The van der Waals surface area contributed by atoms with Crippen LogP contribution in [-0.2, 0) is 25.3 Å². The number of rotatable bonds is 1. The van der Waals surface area contributed by atoms with Gasteiger partial charge in [0, 0.05) is 35.1 Å². The molecule has 2 heterocycles. The molecule has 5 rings (SSSR count). The zero-order valence-electron chi connectivity index (χ0n) is 15.0. The van der Waals surface area contributed by atoms with E-state index in [9.17, 15) is 0 Å². The van der Waals surface area contributed by atoms with Crippen LogP contribution < -0.4 is 0 Å². The molecule has 2 aliphatic rings. The quantitative estimate of drug-likeness (QED) is 0.668. The van der Waals surface area contributed by atoms with Crippen LogP contribution >= 0.6 is 0 Å². The van der Waals surface area contributed by atoms with Crippen LogP contribution in [0.2, 0.25) is 0 Å². The van der Waals surface area contributed by atoms with Crippen LogP contribution in [0.4, 0.5) is 0 Å². The first kappa shape index (κ1) is 14.9. The molecule has 25 heavy (non-hydrogen) atoms. The molecule has 0 N–H and O–H groups in total. The van der Waals surface area contributed by atoms with E-state index in [1.807, 2.05) is 6.20 Å². The molecule has 0 saturated carbocycles. The fourth-order valence-corrected chi connectivity index (χ4v) is 5.39. The molecule has 3 atom stereocenters. The highest BCUT2D eigenvalue weighted by molar-refractivity contribution is 5.66. The van der Waals surface area contributed by atoms with E-state index in [4.69, 9.17) is 9.62 Å². The molecule has 128 valence electrons. The number of fused-ring (bicyclic) bond motifs is 4. The van der Waals surface area contributed by atoms with Crippen LogP contribution in [-0.4, -0.2) is 14.9 Å². The maximum Gasteiger partial charge on any atom is 0.143 e. The number of hydrogen-bond acceptors (Lipinski definition) is 3. The van der Waals surface area contributed by atoms with Gasteiger partial charge in [0.05, 0.1) is 17.6 Å². The third-order valence-corrected chi connectivity index (χ3v) is 6.51. The molecule has 0 bridgehead atoms. The lowest BCUT2D eigenvalue weighted by molar-refractivity contribution is 0.172. The van der Waals surface area contributed by atoms with Crippen molar-refractivity contribution in [1.82, 2.24) is 14.9 Å². The molecule has 0 aliphatic heterocycles. The summed E-state index contributed by atoms with van der Waals surface area (Å²) in [5.74, 6) is 2.04. The van der Waals surface area contributed by atoms with Gasteiger partial charge >= 0.3 is 0 Å². The maximum absolute atomic E-state index is 5.57. The standard InChI is InChI=1S/C21H23N3O/c1-13-17-10-9-16-18(14-7-5-4-6-8-14)24(3)23-20(16)21(17,2)11-15-12-22-25-19(13)15/h4-8,12-13,17H,9-11H2,1-3H3/t13-,17-,21-/m0/s1. The van der Waals surface area contributed by atoms with Gasteiger partial charge in [0.2, 0.25) is 0 Å². The summed E-state index contributed by atoms with van der Waals surface area (Å²) >= 11 is 0. The molecule has 3 aromatic rings. The van der Waals surface area contributed by atoms with E-state index in [0.717, 1.165) is 18.6 Å². The topological polar surface area (TPSA) is 43.9 Å². The van der Waals surface area contributed by atoms with E-state index in [2.05, 4.69) is 61.1 Å². The lowest BCUT2D eigenvalue weighted by Crippen LogP contribution is -2.44. The van der Waals surface area contributed by atoms with Gasteiger partial charge in [-0.25, -0.2) is 0 Å². The van der Waals surface area contributed by atoms with Crippen molar-refractivity contribution < 1.29 is 4.52 Å². The summed E-state index contributed by atoms with van der Waals surface area (Å²) in [7, 11) is 2.08. The van der Waals surface area contributed by atoms with Crippen molar-refractivity contribution >= 4 is 0 Å². The third kappa shape index (κ3) is 1.94. The first-order chi connectivity index (χ1) is 12.1. The molecular weight excluding hydrogens is 310 g/mol. The average molecular weight is 333 g/mol. The van der Waals surface area contributed by atoms with Gasteiger partial charge in [-0.05, 0) is 25.2 Å². The molecular formula is C21H23N3O. The Morgan fingerprint density at radius 3 is 2.84 bits per heavy atom. The summed E-state index contributed by atoms with van der Waals surface area (Å²) in [5.41, 5.74) is 6.56. The highest BCUT2D eigenvalue weighted by atomic mass is 16.5. The minimum Gasteiger partial charge on any atom is -0.361 e. The van der Waals surface area contributed by atoms with Gasteiger partial charge in [-0.1, -0.05) is 49.3 Å². The normalized spacial score (nSPS) is 27.5. The highest BCUT2D eigenvalue weighted by Gasteiger charge is 2.51. The molecule has 1 aromatic carbocycles. The van der Waals surface area contributed by atoms with Gasteiger partial charge in [-0.3, -0.25) is 4.68 Å². The fraction of sp³-hybridized carbons (Fsp3) is 0.429. The van der Waals surface area contributed by atoms with E-state index in [-0.39, 0.29) is 5.41 Å². The summed E-state index contributed by atoms with van der Waals surface area (Å²) in [6, 6.07) is 10.7. The number of hydrogen-bond donors (Lipinski definition) is 0. The zero-order valence-corrected chi connectivity index (χ0v) is 15.0. The Morgan fingerprint density at radius 2 is 2.04 bits per heavy atom. The van der Waals surface area contributed by atoms with Crippen molar-refractivity contribution in [3.8, 4) is 11.3 Å². The van der Waals surface area contributed by atoms with Gasteiger partial charge < -0.3 is 4.52 Å². The van der Waals surface area contributed by atoms with Gasteiger partial charge in [0.15, 0.2) is 0 Å². The van der Waals surface area contributed by atoms with E-state index >= 15 is 0 Å². The van der Waals surface area contributed by atoms with Crippen LogP contribution in [0.3, 0.4) is 0 Å². The summed E-state index contributed by atoms with van der Waals surface area (Å²) in [6.07, 6.45) is 5.14. The molecule has 2 aromatic heterocycles. The fourth-order valence-electron chi connectivity index (χ4n) is 5.39. The Kier molecular flexibility index (Phi) is 3.03. The van der Waals surface area contributed by atoms with E-state index in [1.54, 1.807) is 0 Å². The van der Waals surface area contributed by atoms with Crippen molar-refractivity contribution in [3.05, 3.63) is 59.1 Å². The average Bonchev–Trinajstić information content (AvgIpc) is 3.20. The maximum atomic E-state index is 5.57. The Bertz CT molecular complexity index is 939. The monoisotopic (exact) mass is 333 g/mol. The smallest absolute Gasteiger partial charge is 0.143 e. The van der Waals surface area contributed by atoms with Crippen molar-refractivity contribution in [2.45, 2.75) is 44.4 Å². The van der Waals surface area contributed by atoms with Gasteiger partial charge in [-0.2, -0.15) is 5.10 Å². The van der Waals surface area contributed by atoms with Crippen molar-refractivity contribution in [3.63, 3.8) is 0 Å². The van der Waals surface area contributed by atoms with Crippen LogP contribution in [0, 0.1) is 5.92 Å². The Balaban J connectivity index is 1.69. The van der Waals surface area contributed by atoms with Crippen LogP contribution in [0.25, 0.3) is 11.3 Å². The third-order valence-electron chi connectivity index (χ3n) is 6.51. The second kappa shape index (κ2) is 5.07. The predicted molar refractivity (Wildman–Crippen MR) is 96.4 cm³/mol. The van der Waals surface area contributed by atoms with E-state index < -0.39 is 0 Å². The second-order valence-electron chi connectivity index (χ2n) is 7.91. The first-order valence-electron chi connectivity index (χ1n) is 9.15. The molecule has 4 heteroatoms. The molecule has 0 fully saturated rings. The number of aryl methyl sites for hydroxylation is 1.